The first-order valence-electron chi connectivity index (χ1n) is 6.35. The van der Waals surface area contributed by atoms with Gasteiger partial charge < -0.3 is 15.7 Å². The van der Waals surface area contributed by atoms with E-state index >= 15 is 0 Å². The summed E-state index contributed by atoms with van der Waals surface area (Å²) in [5.41, 5.74) is 0.948. The molecule has 1 unspecified atom stereocenters. The topological polar surface area (TPSA) is 79.2 Å². The normalized spacial score (nSPS) is 16.3. The molecule has 3 N–H and O–H groups in total. The molecule has 1 amide bonds. The minimum Gasteiger partial charge on any atom is -0.395 e. The molecule has 1 aliphatic rings. The third kappa shape index (κ3) is 3.73. The van der Waals surface area contributed by atoms with Gasteiger partial charge in [0.05, 0.1) is 18.5 Å². The van der Waals surface area contributed by atoms with Gasteiger partial charge in [0.15, 0.2) is 0 Å². The number of hydrogen-bond acceptors (Lipinski definition) is 4. The molecule has 1 aromatic rings. The molecule has 100 valence electrons. The smallest absolute Gasteiger partial charge is 0.241 e. The Morgan fingerprint density at radius 3 is 3.11 bits per heavy atom. The fourth-order valence-electron chi connectivity index (χ4n) is 1.90. The Labute approximate surface area is 106 Å². The number of anilines is 1. The van der Waals surface area contributed by atoms with E-state index in [9.17, 15) is 4.79 Å². The molecule has 0 radical (unpaired) electrons. The lowest BCUT2D eigenvalue weighted by Crippen LogP contribution is -2.30. The second-order valence-electron chi connectivity index (χ2n) is 4.77. The van der Waals surface area contributed by atoms with Crippen LogP contribution in [0.15, 0.2) is 12.4 Å². The van der Waals surface area contributed by atoms with Crippen molar-refractivity contribution in [3.8, 4) is 0 Å². The van der Waals surface area contributed by atoms with Crippen molar-refractivity contribution < 1.29 is 9.90 Å². The molecule has 1 aliphatic carbocycles. The highest BCUT2D eigenvalue weighted by molar-refractivity contribution is 5.75. The number of nitrogens with one attached hydrogen (secondary N) is 2. The minimum atomic E-state index is -0.144. The van der Waals surface area contributed by atoms with E-state index in [2.05, 4.69) is 22.7 Å². The van der Waals surface area contributed by atoms with E-state index < -0.39 is 0 Å². The van der Waals surface area contributed by atoms with Crippen LogP contribution in [0.25, 0.3) is 0 Å². The van der Waals surface area contributed by atoms with Crippen molar-refractivity contribution in [3.63, 3.8) is 0 Å². The monoisotopic (exact) mass is 252 g/mol. The average molecular weight is 252 g/mol. The van der Waals surface area contributed by atoms with Crippen LogP contribution in [0.3, 0.4) is 0 Å². The first kappa shape index (κ1) is 12.9. The van der Waals surface area contributed by atoms with Gasteiger partial charge in [-0.2, -0.15) is 5.10 Å². The van der Waals surface area contributed by atoms with Crippen molar-refractivity contribution in [1.29, 1.82) is 0 Å². The van der Waals surface area contributed by atoms with Crippen molar-refractivity contribution in [1.82, 2.24) is 15.1 Å². The first-order chi connectivity index (χ1) is 8.69. The summed E-state index contributed by atoms with van der Waals surface area (Å²) in [4.78, 5) is 11.4. The third-order valence-corrected chi connectivity index (χ3v) is 3.10. The summed E-state index contributed by atoms with van der Waals surface area (Å²) >= 11 is 0. The third-order valence-electron chi connectivity index (χ3n) is 3.10. The van der Waals surface area contributed by atoms with Crippen molar-refractivity contribution in [2.75, 3.05) is 18.5 Å². The van der Waals surface area contributed by atoms with Gasteiger partial charge in [0, 0.05) is 18.8 Å². The first-order valence-corrected chi connectivity index (χ1v) is 6.35. The van der Waals surface area contributed by atoms with Crippen LogP contribution in [0, 0.1) is 5.92 Å². The molecular formula is C12H20N4O2. The quantitative estimate of drug-likeness (QED) is 0.648. The fraction of sp³-hybridized carbons (Fsp3) is 0.667. The van der Waals surface area contributed by atoms with E-state index in [1.807, 2.05) is 6.20 Å². The predicted octanol–water partition coefficient (Wildman–Crippen LogP) is 0.202. The van der Waals surface area contributed by atoms with Crippen molar-refractivity contribution in [2.45, 2.75) is 32.4 Å². The lowest BCUT2D eigenvalue weighted by atomic mass is 10.2. The van der Waals surface area contributed by atoms with Gasteiger partial charge >= 0.3 is 0 Å². The zero-order valence-corrected chi connectivity index (χ0v) is 10.6. The second-order valence-corrected chi connectivity index (χ2v) is 4.77. The Bertz CT molecular complexity index is 401. The number of aromatic nitrogens is 2. The molecule has 1 heterocycles. The molecule has 1 fully saturated rings. The van der Waals surface area contributed by atoms with E-state index in [1.165, 1.54) is 12.8 Å². The van der Waals surface area contributed by atoms with Crippen molar-refractivity contribution in [2.24, 2.45) is 5.92 Å². The Balaban J connectivity index is 1.79. The number of amides is 1. The number of hydrogen-bond donors (Lipinski definition) is 3. The molecule has 2 rings (SSSR count). The van der Waals surface area contributed by atoms with Gasteiger partial charge in [0.25, 0.3) is 0 Å². The molecule has 1 saturated carbocycles. The minimum absolute atomic E-state index is 0.0451. The second kappa shape index (κ2) is 5.86. The number of nitrogens with zero attached hydrogens (tertiary/aromatic N) is 2. The molecule has 0 bridgehead atoms. The average Bonchev–Trinajstić information content (AvgIpc) is 3.11. The van der Waals surface area contributed by atoms with Crippen LogP contribution in [-0.4, -0.2) is 40.0 Å². The van der Waals surface area contributed by atoms with E-state index in [0.29, 0.717) is 6.04 Å². The zero-order valence-electron chi connectivity index (χ0n) is 10.6. The molecule has 6 nitrogen and oxygen atoms in total. The van der Waals surface area contributed by atoms with Crippen LogP contribution in [0.4, 0.5) is 5.69 Å². The Hall–Kier alpha value is -1.56. The van der Waals surface area contributed by atoms with E-state index in [-0.39, 0.29) is 25.6 Å². The van der Waals surface area contributed by atoms with Gasteiger partial charge in [0.1, 0.15) is 6.54 Å². The Kier molecular flexibility index (Phi) is 4.19. The number of aliphatic hydroxyl groups excluding tert-OH is 1. The van der Waals surface area contributed by atoms with Gasteiger partial charge in [-0.1, -0.05) is 0 Å². The summed E-state index contributed by atoms with van der Waals surface area (Å²) in [5, 5.41) is 18.7. The SMILES string of the molecule is CC(Nc1cnn(CC(=O)NCCO)c1)C1CC1. The highest BCUT2D eigenvalue weighted by Crippen LogP contribution is 2.33. The van der Waals surface area contributed by atoms with Gasteiger partial charge in [-0.05, 0) is 25.7 Å². The molecule has 18 heavy (non-hydrogen) atoms. The van der Waals surface area contributed by atoms with E-state index in [0.717, 1.165) is 11.6 Å². The molecule has 0 spiro atoms. The Morgan fingerprint density at radius 2 is 2.44 bits per heavy atom. The lowest BCUT2D eigenvalue weighted by Gasteiger charge is -2.11. The van der Waals surface area contributed by atoms with E-state index in [1.54, 1.807) is 10.9 Å². The summed E-state index contributed by atoms with van der Waals surface area (Å²) in [6, 6.07) is 0.464. The molecule has 6 heteroatoms. The molecule has 0 aromatic carbocycles. The molecule has 1 atom stereocenters. The van der Waals surface area contributed by atoms with Gasteiger partial charge in [-0.25, -0.2) is 0 Å². The molecular weight excluding hydrogens is 232 g/mol. The van der Waals surface area contributed by atoms with Crippen LogP contribution >= 0.6 is 0 Å². The van der Waals surface area contributed by atoms with Crippen LogP contribution in [0.1, 0.15) is 19.8 Å². The van der Waals surface area contributed by atoms with Crippen LogP contribution in [0.5, 0.6) is 0 Å². The summed E-state index contributed by atoms with van der Waals surface area (Å²) in [5.74, 6) is 0.634. The largest absolute Gasteiger partial charge is 0.395 e. The zero-order chi connectivity index (χ0) is 13.0. The summed E-state index contributed by atoms with van der Waals surface area (Å²) < 4.78 is 1.59. The lowest BCUT2D eigenvalue weighted by molar-refractivity contribution is -0.122. The Morgan fingerprint density at radius 1 is 1.67 bits per heavy atom. The molecule has 1 aromatic heterocycles. The maximum absolute atomic E-state index is 11.4. The standard InChI is InChI=1S/C12H20N4O2/c1-9(10-2-3-10)15-11-6-14-16(7-11)8-12(18)13-4-5-17/h6-7,9-10,15,17H,2-5,8H2,1H3,(H,13,18). The van der Waals surface area contributed by atoms with Crippen molar-refractivity contribution >= 4 is 11.6 Å². The van der Waals surface area contributed by atoms with Crippen molar-refractivity contribution in [3.05, 3.63) is 12.4 Å². The predicted molar refractivity (Wildman–Crippen MR) is 68.1 cm³/mol. The maximum atomic E-state index is 11.4. The number of aliphatic hydroxyl groups is 1. The highest BCUT2D eigenvalue weighted by Gasteiger charge is 2.27. The number of rotatable bonds is 7. The summed E-state index contributed by atoms with van der Waals surface area (Å²) in [7, 11) is 0. The number of carbonyl (C=O) groups is 1. The van der Waals surface area contributed by atoms with Gasteiger partial charge in [0.2, 0.25) is 5.91 Å². The van der Waals surface area contributed by atoms with Gasteiger partial charge in [-0.15, -0.1) is 0 Å². The molecule has 0 aliphatic heterocycles. The van der Waals surface area contributed by atoms with Gasteiger partial charge in [-0.3, -0.25) is 9.48 Å². The fourth-order valence-corrected chi connectivity index (χ4v) is 1.90. The van der Waals surface area contributed by atoms with Crippen LogP contribution in [-0.2, 0) is 11.3 Å². The maximum Gasteiger partial charge on any atom is 0.241 e. The highest BCUT2D eigenvalue weighted by atomic mass is 16.3. The number of carbonyl (C=O) groups excluding carboxylic acids is 1. The molecule has 0 saturated heterocycles. The van der Waals surface area contributed by atoms with E-state index in [4.69, 9.17) is 5.11 Å². The van der Waals surface area contributed by atoms with Crippen LogP contribution in [0.2, 0.25) is 0 Å². The van der Waals surface area contributed by atoms with Crippen LogP contribution < -0.4 is 10.6 Å². The summed E-state index contributed by atoms with van der Waals surface area (Å²) in [6.45, 7) is 2.59. The summed E-state index contributed by atoms with van der Waals surface area (Å²) in [6.07, 6.45) is 6.16.